The first kappa shape index (κ1) is 24.4. The van der Waals surface area contributed by atoms with Gasteiger partial charge in [-0.1, -0.05) is 60.7 Å². The molecule has 0 bridgehead atoms. The predicted molar refractivity (Wildman–Crippen MR) is 136 cm³/mol. The topological polar surface area (TPSA) is 76.8 Å². The van der Waals surface area contributed by atoms with Gasteiger partial charge in [-0.05, 0) is 38.0 Å². The Kier molecular flexibility index (Phi) is 7.19. The van der Waals surface area contributed by atoms with Crippen LogP contribution >= 0.6 is 0 Å². The molecule has 0 amide bonds. The summed E-state index contributed by atoms with van der Waals surface area (Å²) in [5.74, 6) is 0.607. The fraction of sp³-hybridized carbons (Fsp3) is 0.286. The number of rotatable bonds is 7. The molecule has 0 spiro atoms. The van der Waals surface area contributed by atoms with Crippen LogP contribution in [0.15, 0.2) is 79.1 Å². The fourth-order valence-corrected chi connectivity index (χ4v) is 3.99. The SMILES string of the molecule is COC(O)c1cnc(N(Cc2ccccc2)Cc2ccccc2)c2c1ccn2C(=O)OC(C)(C)C. The summed E-state index contributed by atoms with van der Waals surface area (Å²) in [7, 11) is 1.42. The third-order valence-corrected chi connectivity index (χ3v) is 5.55. The van der Waals surface area contributed by atoms with E-state index in [1.54, 1.807) is 18.5 Å². The van der Waals surface area contributed by atoms with Crippen molar-refractivity contribution in [1.82, 2.24) is 9.55 Å². The zero-order chi connectivity index (χ0) is 25.0. The third kappa shape index (κ3) is 5.70. The maximum atomic E-state index is 13.2. The average molecular weight is 474 g/mol. The molecule has 7 heteroatoms. The number of hydrogen-bond acceptors (Lipinski definition) is 6. The second kappa shape index (κ2) is 10.3. The number of carbonyl (C=O) groups excluding carboxylic acids is 1. The van der Waals surface area contributed by atoms with Crippen LogP contribution in [0.5, 0.6) is 0 Å². The molecule has 2 aromatic carbocycles. The van der Waals surface area contributed by atoms with Gasteiger partial charge in [0.2, 0.25) is 0 Å². The maximum absolute atomic E-state index is 13.2. The van der Waals surface area contributed by atoms with Crippen LogP contribution in [0.1, 0.15) is 43.8 Å². The highest BCUT2D eigenvalue weighted by Gasteiger charge is 2.25. The number of ether oxygens (including phenoxy) is 2. The number of aliphatic hydroxyl groups excluding tert-OH is 1. The molecular weight excluding hydrogens is 442 g/mol. The van der Waals surface area contributed by atoms with Crippen LogP contribution in [0.4, 0.5) is 10.6 Å². The molecule has 0 fully saturated rings. The molecule has 35 heavy (non-hydrogen) atoms. The standard InChI is InChI=1S/C28H31N3O4/c1-28(2,3)35-27(33)31-16-15-22-23(26(32)34-4)17-29-25(24(22)31)30(18-20-11-7-5-8-12-20)19-21-13-9-6-10-14-21/h5-17,26,32H,18-19H2,1-4H3. The molecule has 1 unspecified atom stereocenters. The van der Waals surface area contributed by atoms with E-state index in [-0.39, 0.29) is 0 Å². The van der Waals surface area contributed by atoms with Crippen LogP contribution in [-0.4, -0.2) is 33.5 Å². The smallest absolute Gasteiger partial charge is 0.419 e. The first-order valence-electron chi connectivity index (χ1n) is 11.5. The second-order valence-corrected chi connectivity index (χ2v) is 9.38. The Morgan fingerprint density at radius 3 is 2.09 bits per heavy atom. The second-order valence-electron chi connectivity index (χ2n) is 9.38. The van der Waals surface area contributed by atoms with E-state index in [4.69, 9.17) is 14.5 Å². The zero-order valence-corrected chi connectivity index (χ0v) is 20.5. The molecule has 0 saturated carbocycles. The van der Waals surface area contributed by atoms with E-state index in [0.29, 0.717) is 35.4 Å². The number of aromatic nitrogens is 2. The Bertz CT molecular complexity index is 1240. The fourth-order valence-electron chi connectivity index (χ4n) is 3.99. The molecule has 0 saturated heterocycles. The van der Waals surface area contributed by atoms with Crippen molar-refractivity contribution in [1.29, 1.82) is 0 Å². The minimum atomic E-state index is -1.18. The van der Waals surface area contributed by atoms with Gasteiger partial charge in [0.1, 0.15) is 11.1 Å². The summed E-state index contributed by atoms with van der Waals surface area (Å²) < 4.78 is 12.3. The quantitative estimate of drug-likeness (QED) is 0.349. The first-order chi connectivity index (χ1) is 16.8. The summed E-state index contributed by atoms with van der Waals surface area (Å²) >= 11 is 0. The normalized spacial score (nSPS) is 12.5. The largest absolute Gasteiger partial charge is 0.443 e. The Morgan fingerprint density at radius 1 is 1.00 bits per heavy atom. The predicted octanol–water partition coefficient (Wildman–Crippen LogP) is 5.66. The Balaban J connectivity index is 1.88. The van der Waals surface area contributed by atoms with Gasteiger partial charge in [0, 0.05) is 43.5 Å². The zero-order valence-electron chi connectivity index (χ0n) is 20.5. The van der Waals surface area contributed by atoms with Gasteiger partial charge in [0.15, 0.2) is 12.1 Å². The molecule has 2 aromatic heterocycles. The number of benzene rings is 2. The van der Waals surface area contributed by atoms with Crippen LogP contribution in [0.2, 0.25) is 0 Å². The summed E-state index contributed by atoms with van der Waals surface area (Å²) in [4.78, 5) is 20.0. The highest BCUT2D eigenvalue weighted by molar-refractivity contribution is 5.98. The summed E-state index contributed by atoms with van der Waals surface area (Å²) in [5.41, 5.74) is 2.58. The van der Waals surface area contributed by atoms with Crippen LogP contribution in [0, 0.1) is 0 Å². The van der Waals surface area contributed by atoms with E-state index in [1.807, 2.05) is 57.2 Å². The van der Waals surface area contributed by atoms with Gasteiger partial charge >= 0.3 is 6.09 Å². The molecular formula is C28H31N3O4. The van der Waals surface area contributed by atoms with E-state index >= 15 is 0 Å². The van der Waals surface area contributed by atoms with Crippen LogP contribution in [-0.2, 0) is 22.6 Å². The first-order valence-corrected chi connectivity index (χ1v) is 11.5. The molecule has 0 aliphatic carbocycles. The summed E-state index contributed by atoms with van der Waals surface area (Å²) in [6, 6.07) is 22.0. The third-order valence-electron chi connectivity index (χ3n) is 5.55. The van der Waals surface area contributed by atoms with E-state index in [0.717, 1.165) is 11.1 Å². The van der Waals surface area contributed by atoms with E-state index < -0.39 is 18.0 Å². The van der Waals surface area contributed by atoms with Gasteiger partial charge in [-0.2, -0.15) is 0 Å². The number of carbonyl (C=O) groups is 1. The van der Waals surface area contributed by atoms with E-state index in [9.17, 15) is 9.90 Å². The monoisotopic (exact) mass is 473 g/mol. The van der Waals surface area contributed by atoms with E-state index in [2.05, 4.69) is 29.2 Å². The number of aliphatic hydroxyl groups is 1. The van der Waals surface area contributed by atoms with Crippen molar-refractivity contribution in [2.45, 2.75) is 45.8 Å². The number of pyridine rings is 1. The van der Waals surface area contributed by atoms with Gasteiger partial charge in [-0.25, -0.2) is 14.3 Å². The van der Waals surface area contributed by atoms with Crippen LogP contribution in [0.25, 0.3) is 10.9 Å². The number of nitrogens with zero attached hydrogens (tertiary/aromatic N) is 3. The van der Waals surface area contributed by atoms with Crippen LogP contribution < -0.4 is 4.90 Å². The molecule has 0 aliphatic rings. The number of methoxy groups -OCH3 is 1. The minimum Gasteiger partial charge on any atom is -0.443 e. The Morgan fingerprint density at radius 2 is 1.57 bits per heavy atom. The lowest BCUT2D eigenvalue weighted by atomic mass is 10.1. The van der Waals surface area contributed by atoms with Gasteiger partial charge in [-0.15, -0.1) is 0 Å². The van der Waals surface area contributed by atoms with E-state index in [1.165, 1.54) is 11.7 Å². The Hall–Kier alpha value is -3.68. The van der Waals surface area contributed by atoms with Gasteiger partial charge in [0.05, 0.1) is 0 Å². The van der Waals surface area contributed by atoms with Crippen LogP contribution in [0.3, 0.4) is 0 Å². The van der Waals surface area contributed by atoms with Crippen molar-refractivity contribution in [3.63, 3.8) is 0 Å². The average Bonchev–Trinajstić information content (AvgIpc) is 3.28. The van der Waals surface area contributed by atoms with Gasteiger partial charge in [-0.3, -0.25) is 0 Å². The highest BCUT2D eigenvalue weighted by atomic mass is 16.6. The number of fused-ring (bicyclic) bond motifs is 1. The lowest BCUT2D eigenvalue weighted by molar-refractivity contribution is -0.0760. The molecule has 0 radical (unpaired) electrons. The Labute approximate surface area is 205 Å². The molecule has 182 valence electrons. The summed E-state index contributed by atoms with van der Waals surface area (Å²) in [6.07, 6.45) is 1.57. The molecule has 4 aromatic rings. The van der Waals surface area contributed by atoms with Crippen molar-refractivity contribution >= 4 is 22.8 Å². The molecule has 2 heterocycles. The highest BCUT2D eigenvalue weighted by Crippen LogP contribution is 2.33. The maximum Gasteiger partial charge on any atom is 0.419 e. The van der Waals surface area contributed by atoms with Crippen molar-refractivity contribution in [3.05, 3.63) is 95.8 Å². The summed E-state index contributed by atoms with van der Waals surface area (Å²) in [6.45, 7) is 6.62. The molecule has 0 aliphatic heterocycles. The summed E-state index contributed by atoms with van der Waals surface area (Å²) in [5, 5.41) is 11.1. The van der Waals surface area contributed by atoms with Crippen molar-refractivity contribution < 1.29 is 19.4 Å². The molecule has 1 N–H and O–H groups in total. The van der Waals surface area contributed by atoms with Crippen molar-refractivity contribution in [2.24, 2.45) is 0 Å². The molecule has 1 atom stereocenters. The van der Waals surface area contributed by atoms with Crippen molar-refractivity contribution in [3.8, 4) is 0 Å². The minimum absolute atomic E-state index is 0.480. The number of anilines is 1. The van der Waals surface area contributed by atoms with Gasteiger partial charge in [0.25, 0.3) is 0 Å². The molecule has 4 rings (SSSR count). The molecule has 7 nitrogen and oxygen atoms in total. The van der Waals surface area contributed by atoms with Crippen molar-refractivity contribution in [2.75, 3.05) is 12.0 Å². The lowest BCUT2D eigenvalue weighted by Gasteiger charge is -2.27. The number of hydrogen-bond donors (Lipinski definition) is 1. The van der Waals surface area contributed by atoms with Gasteiger partial charge < -0.3 is 19.5 Å². The lowest BCUT2D eigenvalue weighted by Crippen LogP contribution is -2.28.